The highest BCUT2D eigenvalue weighted by Gasteiger charge is 2.15. The minimum absolute atomic E-state index is 0.161. The third-order valence-electron chi connectivity index (χ3n) is 2.83. The predicted molar refractivity (Wildman–Crippen MR) is 69.8 cm³/mol. The van der Waals surface area contributed by atoms with E-state index in [1.54, 1.807) is 0 Å². The van der Waals surface area contributed by atoms with Crippen molar-refractivity contribution >= 4 is 6.01 Å². The number of hydrogen-bond donors (Lipinski definition) is 1. The normalized spacial score (nSPS) is 11.8. The zero-order valence-corrected chi connectivity index (χ0v) is 10.7. The fourth-order valence-electron chi connectivity index (χ4n) is 1.81. The van der Waals surface area contributed by atoms with Gasteiger partial charge in [-0.2, -0.15) is 4.98 Å². The standard InChI is InChI=1S/C14H18N2O/c1-9-12(17-13(15)16-9)10-5-7-11(8-6-10)14(2,3)4/h5-8H,1-4H3,(H2,15,16). The van der Waals surface area contributed by atoms with Crippen LogP contribution in [-0.4, -0.2) is 4.98 Å². The lowest BCUT2D eigenvalue weighted by Crippen LogP contribution is -2.10. The number of nitrogens with two attached hydrogens (primary N) is 1. The molecule has 3 nitrogen and oxygen atoms in total. The number of anilines is 1. The summed E-state index contributed by atoms with van der Waals surface area (Å²) >= 11 is 0. The Balaban J connectivity index is 2.39. The average Bonchev–Trinajstić information content (AvgIpc) is 2.57. The smallest absolute Gasteiger partial charge is 0.292 e. The molecule has 0 unspecified atom stereocenters. The van der Waals surface area contributed by atoms with E-state index in [1.165, 1.54) is 5.56 Å². The molecular formula is C14H18N2O. The number of oxazole rings is 1. The average molecular weight is 230 g/mol. The van der Waals surface area contributed by atoms with Gasteiger partial charge in [0.05, 0.1) is 5.69 Å². The van der Waals surface area contributed by atoms with Crippen LogP contribution in [-0.2, 0) is 5.41 Å². The first-order chi connectivity index (χ1) is 7.88. The van der Waals surface area contributed by atoms with Crippen LogP contribution in [0.15, 0.2) is 28.7 Å². The van der Waals surface area contributed by atoms with E-state index in [2.05, 4.69) is 37.9 Å². The van der Waals surface area contributed by atoms with Gasteiger partial charge < -0.3 is 10.2 Å². The van der Waals surface area contributed by atoms with Crippen LogP contribution in [0.4, 0.5) is 6.01 Å². The molecule has 0 fully saturated rings. The van der Waals surface area contributed by atoms with E-state index in [9.17, 15) is 0 Å². The third kappa shape index (κ3) is 2.33. The van der Waals surface area contributed by atoms with Crippen molar-refractivity contribution in [3.8, 4) is 11.3 Å². The lowest BCUT2D eigenvalue weighted by Gasteiger charge is -2.18. The van der Waals surface area contributed by atoms with Gasteiger partial charge in [0.1, 0.15) is 0 Å². The fourth-order valence-corrected chi connectivity index (χ4v) is 1.81. The molecule has 1 aromatic carbocycles. The van der Waals surface area contributed by atoms with E-state index in [1.807, 2.05) is 19.1 Å². The van der Waals surface area contributed by atoms with Crippen molar-refractivity contribution in [2.75, 3.05) is 5.73 Å². The molecule has 0 aliphatic rings. The van der Waals surface area contributed by atoms with Crippen molar-refractivity contribution in [1.82, 2.24) is 4.98 Å². The second-order valence-electron chi connectivity index (χ2n) is 5.29. The molecule has 0 saturated heterocycles. The van der Waals surface area contributed by atoms with Crippen LogP contribution < -0.4 is 5.73 Å². The maximum absolute atomic E-state index is 5.54. The topological polar surface area (TPSA) is 52.0 Å². The fraction of sp³-hybridized carbons (Fsp3) is 0.357. The molecule has 1 aromatic heterocycles. The van der Waals surface area contributed by atoms with Crippen molar-refractivity contribution in [3.05, 3.63) is 35.5 Å². The Kier molecular flexibility index (Phi) is 2.69. The molecule has 2 rings (SSSR count). The van der Waals surface area contributed by atoms with E-state index in [0.29, 0.717) is 0 Å². The largest absolute Gasteiger partial charge is 0.423 e. The number of nitrogen functional groups attached to an aromatic ring is 1. The minimum atomic E-state index is 0.161. The highest BCUT2D eigenvalue weighted by molar-refractivity contribution is 5.61. The predicted octanol–water partition coefficient (Wildman–Crippen LogP) is 3.53. The molecule has 3 heteroatoms. The first kappa shape index (κ1) is 11.7. The Morgan fingerprint density at radius 2 is 1.71 bits per heavy atom. The van der Waals surface area contributed by atoms with Gasteiger partial charge in [0, 0.05) is 5.56 Å². The minimum Gasteiger partial charge on any atom is -0.423 e. The SMILES string of the molecule is Cc1nc(N)oc1-c1ccc(C(C)(C)C)cc1. The lowest BCUT2D eigenvalue weighted by atomic mass is 9.86. The van der Waals surface area contributed by atoms with Crippen LogP contribution in [0.25, 0.3) is 11.3 Å². The van der Waals surface area contributed by atoms with Gasteiger partial charge in [0.2, 0.25) is 0 Å². The van der Waals surface area contributed by atoms with E-state index in [0.717, 1.165) is 17.0 Å². The van der Waals surface area contributed by atoms with Crippen LogP contribution in [0.1, 0.15) is 32.0 Å². The Morgan fingerprint density at radius 3 is 2.12 bits per heavy atom. The van der Waals surface area contributed by atoms with Crippen LogP contribution in [0.5, 0.6) is 0 Å². The highest BCUT2D eigenvalue weighted by atomic mass is 16.4. The number of nitrogens with zero attached hydrogens (tertiary/aromatic N) is 1. The van der Waals surface area contributed by atoms with Gasteiger partial charge in [-0.05, 0) is 17.9 Å². The summed E-state index contributed by atoms with van der Waals surface area (Å²) in [7, 11) is 0. The Labute approximate surface area is 102 Å². The van der Waals surface area contributed by atoms with Crippen molar-refractivity contribution in [3.63, 3.8) is 0 Å². The molecule has 0 radical (unpaired) electrons. The van der Waals surface area contributed by atoms with Gasteiger partial charge in [0.15, 0.2) is 5.76 Å². The quantitative estimate of drug-likeness (QED) is 0.815. The zero-order chi connectivity index (χ0) is 12.6. The summed E-state index contributed by atoms with van der Waals surface area (Å²) < 4.78 is 5.39. The maximum atomic E-state index is 5.54. The third-order valence-corrected chi connectivity index (χ3v) is 2.83. The molecule has 2 aromatic rings. The molecule has 0 saturated carbocycles. The van der Waals surface area contributed by atoms with Crippen LogP contribution >= 0.6 is 0 Å². The van der Waals surface area contributed by atoms with Crippen molar-refractivity contribution in [2.24, 2.45) is 0 Å². The summed E-state index contributed by atoms with van der Waals surface area (Å²) in [6.45, 7) is 8.48. The molecule has 1 heterocycles. The summed E-state index contributed by atoms with van der Waals surface area (Å²) in [4.78, 5) is 4.07. The van der Waals surface area contributed by atoms with E-state index in [4.69, 9.17) is 10.2 Å². The summed E-state index contributed by atoms with van der Waals surface area (Å²) in [6.07, 6.45) is 0. The van der Waals surface area contributed by atoms with Crippen molar-refractivity contribution in [1.29, 1.82) is 0 Å². The second kappa shape index (κ2) is 3.91. The maximum Gasteiger partial charge on any atom is 0.292 e. The molecular weight excluding hydrogens is 212 g/mol. The molecule has 0 spiro atoms. The number of hydrogen-bond acceptors (Lipinski definition) is 3. The number of benzene rings is 1. The molecule has 90 valence electrons. The lowest BCUT2D eigenvalue weighted by molar-refractivity contribution is 0.587. The van der Waals surface area contributed by atoms with Gasteiger partial charge in [0.25, 0.3) is 6.01 Å². The monoisotopic (exact) mass is 230 g/mol. The van der Waals surface area contributed by atoms with Gasteiger partial charge in [-0.25, -0.2) is 0 Å². The Morgan fingerprint density at radius 1 is 1.12 bits per heavy atom. The summed E-state index contributed by atoms with van der Waals surface area (Å²) in [5.41, 5.74) is 8.84. The summed E-state index contributed by atoms with van der Waals surface area (Å²) in [5.74, 6) is 0.753. The van der Waals surface area contributed by atoms with Crippen molar-refractivity contribution in [2.45, 2.75) is 33.1 Å². The molecule has 2 N–H and O–H groups in total. The number of aromatic nitrogens is 1. The second-order valence-corrected chi connectivity index (χ2v) is 5.29. The highest BCUT2D eigenvalue weighted by Crippen LogP contribution is 2.28. The van der Waals surface area contributed by atoms with Gasteiger partial charge >= 0.3 is 0 Å². The van der Waals surface area contributed by atoms with Gasteiger partial charge in [-0.3, -0.25) is 0 Å². The van der Waals surface area contributed by atoms with E-state index >= 15 is 0 Å². The molecule has 0 aliphatic heterocycles. The molecule has 0 aliphatic carbocycles. The van der Waals surface area contributed by atoms with Crippen LogP contribution in [0.2, 0.25) is 0 Å². The molecule has 0 bridgehead atoms. The zero-order valence-electron chi connectivity index (χ0n) is 10.7. The summed E-state index contributed by atoms with van der Waals surface area (Å²) in [6, 6.07) is 8.56. The van der Waals surface area contributed by atoms with Crippen molar-refractivity contribution < 1.29 is 4.42 Å². The first-order valence-corrected chi connectivity index (χ1v) is 5.72. The number of aryl methyl sites for hydroxylation is 1. The Hall–Kier alpha value is -1.77. The molecule has 17 heavy (non-hydrogen) atoms. The summed E-state index contributed by atoms with van der Waals surface area (Å²) in [5, 5.41) is 0. The molecule has 0 amide bonds. The number of rotatable bonds is 1. The van der Waals surface area contributed by atoms with Crippen LogP contribution in [0.3, 0.4) is 0 Å². The van der Waals surface area contributed by atoms with E-state index in [-0.39, 0.29) is 11.4 Å². The van der Waals surface area contributed by atoms with Crippen LogP contribution in [0, 0.1) is 6.92 Å². The molecule has 0 atom stereocenters. The first-order valence-electron chi connectivity index (χ1n) is 5.72. The Bertz CT molecular complexity index is 518. The van der Waals surface area contributed by atoms with Gasteiger partial charge in [-0.1, -0.05) is 45.0 Å². The van der Waals surface area contributed by atoms with Gasteiger partial charge in [-0.15, -0.1) is 0 Å². The van der Waals surface area contributed by atoms with E-state index < -0.39 is 0 Å².